The number of hydrogen-bond donors (Lipinski definition) is 1. The zero-order valence-electron chi connectivity index (χ0n) is 14.5. The lowest BCUT2D eigenvalue weighted by molar-refractivity contribution is -0.402. The largest absolute Gasteiger partial charge is 0.494 e. The van der Waals surface area contributed by atoms with E-state index in [1.54, 1.807) is 0 Å². The van der Waals surface area contributed by atoms with Crippen molar-refractivity contribution >= 4 is 29.1 Å². The molecule has 146 valence electrons. The van der Waals surface area contributed by atoms with Crippen molar-refractivity contribution < 1.29 is 28.6 Å². The number of methoxy groups -OCH3 is 1. The first-order valence-electron chi connectivity index (χ1n) is 7.97. The van der Waals surface area contributed by atoms with Crippen molar-refractivity contribution in [2.24, 2.45) is 5.92 Å². The van der Waals surface area contributed by atoms with Gasteiger partial charge in [0.1, 0.15) is 10.7 Å². The Morgan fingerprint density at radius 1 is 1.18 bits per heavy atom. The third-order valence-electron chi connectivity index (χ3n) is 4.18. The normalized spacial score (nSPS) is 13.5. The summed E-state index contributed by atoms with van der Waals surface area (Å²) in [7, 11) is 1.32. The van der Waals surface area contributed by atoms with E-state index in [0.717, 1.165) is 6.07 Å². The Kier molecular flexibility index (Phi) is 4.94. The van der Waals surface area contributed by atoms with Gasteiger partial charge in [0.2, 0.25) is 5.91 Å². The number of ether oxygens (including phenoxy) is 1. The third kappa shape index (κ3) is 3.60. The number of nitrogens with zero attached hydrogens (tertiary/aromatic N) is 3. The maximum Gasteiger partial charge on any atom is 0.433 e. The van der Waals surface area contributed by atoms with Crippen molar-refractivity contribution in [2.45, 2.75) is 0 Å². The number of benzene rings is 1. The molecule has 0 bridgehead atoms. The standard InChI is InChI=1S/C16H14N4O8/c1-27-13-6-10(19(23)24)2-3-11(13)17-15(21)9-7-18(8-9)16(22)12-4-5-14(28-12)20(25)26/h2-6,9H,7-8H2,1H3,(H,17,21). The Bertz CT molecular complexity index is 963. The second-order valence-electron chi connectivity index (χ2n) is 5.93. The molecule has 3 rings (SSSR count). The van der Waals surface area contributed by atoms with Crippen LogP contribution in [0.15, 0.2) is 34.7 Å². The molecule has 12 heteroatoms. The molecule has 0 saturated carbocycles. The fourth-order valence-electron chi connectivity index (χ4n) is 2.64. The van der Waals surface area contributed by atoms with Crippen LogP contribution in [0, 0.1) is 26.1 Å². The first kappa shape index (κ1) is 18.8. The van der Waals surface area contributed by atoms with Crippen molar-refractivity contribution in [2.75, 3.05) is 25.5 Å². The number of carbonyl (C=O) groups excluding carboxylic acids is 2. The first-order valence-corrected chi connectivity index (χ1v) is 7.97. The van der Waals surface area contributed by atoms with Crippen LogP contribution in [-0.2, 0) is 4.79 Å². The number of furan rings is 1. The maximum absolute atomic E-state index is 12.3. The van der Waals surface area contributed by atoms with Crippen LogP contribution in [0.5, 0.6) is 5.75 Å². The summed E-state index contributed by atoms with van der Waals surface area (Å²) in [6.45, 7) is 0.211. The van der Waals surface area contributed by atoms with Gasteiger partial charge in [-0.05, 0) is 12.1 Å². The van der Waals surface area contributed by atoms with Gasteiger partial charge in [0.25, 0.3) is 11.6 Å². The zero-order chi connectivity index (χ0) is 20.4. The number of nitro groups is 2. The van der Waals surface area contributed by atoms with Crippen LogP contribution in [0.25, 0.3) is 0 Å². The molecule has 0 spiro atoms. The Morgan fingerprint density at radius 3 is 2.46 bits per heavy atom. The maximum atomic E-state index is 12.3. The van der Waals surface area contributed by atoms with Crippen molar-refractivity contribution in [3.63, 3.8) is 0 Å². The van der Waals surface area contributed by atoms with Crippen molar-refractivity contribution in [1.82, 2.24) is 4.90 Å². The highest BCUT2D eigenvalue weighted by Gasteiger charge is 2.37. The van der Waals surface area contributed by atoms with E-state index in [4.69, 9.17) is 9.15 Å². The number of non-ortho nitro benzene ring substituents is 1. The summed E-state index contributed by atoms with van der Waals surface area (Å²) in [6.07, 6.45) is 0. The van der Waals surface area contributed by atoms with E-state index in [0.29, 0.717) is 0 Å². The fraction of sp³-hybridized carbons (Fsp3) is 0.250. The number of amides is 2. The molecule has 2 heterocycles. The molecule has 0 radical (unpaired) electrons. The molecule has 28 heavy (non-hydrogen) atoms. The molecule has 0 unspecified atom stereocenters. The van der Waals surface area contributed by atoms with Crippen LogP contribution in [0.3, 0.4) is 0 Å². The van der Waals surface area contributed by atoms with Crippen molar-refractivity contribution in [3.05, 3.63) is 56.3 Å². The van der Waals surface area contributed by atoms with E-state index in [9.17, 15) is 29.8 Å². The Morgan fingerprint density at radius 2 is 1.89 bits per heavy atom. The number of likely N-dealkylation sites (tertiary alicyclic amines) is 1. The molecule has 2 amide bonds. The third-order valence-corrected chi connectivity index (χ3v) is 4.18. The topological polar surface area (TPSA) is 158 Å². The molecule has 0 atom stereocenters. The molecule has 1 saturated heterocycles. The van der Waals surface area contributed by atoms with Gasteiger partial charge in [0.05, 0.1) is 35.8 Å². The van der Waals surface area contributed by atoms with E-state index in [2.05, 4.69) is 5.32 Å². The molecule has 12 nitrogen and oxygen atoms in total. The van der Waals surface area contributed by atoms with Crippen molar-refractivity contribution in [1.29, 1.82) is 0 Å². The molecule has 1 aliphatic rings. The highest BCUT2D eigenvalue weighted by atomic mass is 16.6. The van der Waals surface area contributed by atoms with Crippen LogP contribution < -0.4 is 10.1 Å². The monoisotopic (exact) mass is 390 g/mol. The van der Waals surface area contributed by atoms with Gasteiger partial charge >= 0.3 is 5.88 Å². The molecule has 1 fully saturated rings. The summed E-state index contributed by atoms with van der Waals surface area (Å²) < 4.78 is 9.91. The second kappa shape index (κ2) is 7.34. The van der Waals surface area contributed by atoms with Crippen LogP contribution >= 0.6 is 0 Å². The first-order chi connectivity index (χ1) is 13.3. The predicted molar refractivity (Wildman–Crippen MR) is 93.0 cm³/mol. The van der Waals surface area contributed by atoms with Crippen LogP contribution in [0.4, 0.5) is 17.3 Å². The van der Waals surface area contributed by atoms with Gasteiger partial charge in [-0.15, -0.1) is 0 Å². The molecule has 1 aromatic carbocycles. The van der Waals surface area contributed by atoms with Gasteiger partial charge in [-0.1, -0.05) is 0 Å². The minimum atomic E-state index is -0.749. The smallest absolute Gasteiger partial charge is 0.433 e. The van der Waals surface area contributed by atoms with Gasteiger partial charge in [-0.25, -0.2) is 0 Å². The fourth-order valence-corrected chi connectivity index (χ4v) is 2.64. The molecule has 1 N–H and O–H groups in total. The van der Waals surface area contributed by atoms with E-state index in [1.165, 1.54) is 36.3 Å². The second-order valence-corrected chi connectivity index (χ2v) is 5.93. The predicted octanol–water partition coefficient (Wildman–Crippen LogP) is 1.82. The molecule has 0 aliphatic carbocycles. The Balaban J connectivity index is 1.60. The van der Waals surface area contributed by atoms with Crippen LogP contribution in [-0.4, -0.2) is 46.8 Å². The lowest BCUT2D eigenvalue weighted by Crippen LogP contribution is -2.54. The van der Waals surface area contributed by atoms with Gasteiger partial charge in [0, 0.05) is 19.2 Å². The molecular formula is C16H14N4O8. The highest BCUT2D eigenvalue weighted by molar-refractivity contribution is 5.98. The van der Waals surface area contributed by atoms with Gasteiger partial charge < -0.3 is 19.4 Å². The summed E-state index contributed by atoms with van der Waals surface area (Å²) >= 11 is 0. The molecular weight excluding hydrogens is 376 g/mol. The van der Waals surface area contributed by atoms with Gasteiger partial charge in [-0.2, -0.15) is 0 Å². The number of nitro benzene ring substituents is 1. The van der Waals surface area contributed by atoms with E-state index in [-0.39, 0.29) is 41.9 Å². The highest BCUT2D eigenvalue weighted by Crippen LogP contribution is 2.30. The minimum Gasteiger partial charge on any atom is -0.494 e. The zero-order valence-corrected chi connectivity index (χ0v) is 14.5. The van der Waals surface area contributed by atoms with Crippen LogP contribution in [0.2, 0.25) is 0 Å². The lowest BCUT2D eigenvalue weighted by atomic mass is 9.98. The molecule has 1 aliphatic heterocycles. The van der Waals surface area contributed by atoms with E-state index >= 15 is 0 Å². The minimum absolute atomic E-state index is 0.106. The van der Waals surface area contributed by atoms with E-state index < -0.39 is 27.6 Å². The van der Waals surface area contributed by atoms with E-state index in [1.807, 2.05) is 0 Å². The van der Waals surface area contributed by atoms with Gasteiger partial charge in [-0.3, -0.25) is 29.8 Å². The Labute approximate surface area is 157 Å². The number of nitrogens with one attached hydrogen (secondary N) is 1. The number of anilines is 1. The number of hydrogen-bond acceptors (Lipinski definition) is 8. The van der Waals surface area contributed by atoms with Crippen LogP contribution in [0.1, 0.15) is 10.6 Å². The quantitative estimate of drug-likeness (QED) is 0.577. The SMILES string of the molecule is COc1cc([N+](=O)[O-])ccc1NC(=O)C1CN(C(=O)c2ccc([N+](=O)[O-])o2)C1. The lowest BCUT2D eigenvalue weighted by Gasteiger charge is -2.37. The van der Waals surface area contributed by atoms with Gasteiger partial charge in [0.15, 0.2) is 5.76 Å². The Hall–Kier alpha value is -3.96. The average molecular weight is 390 g/mol. The summed E-state index contributed by atoms with van der Waals surface area (Å²) in [4.78, 5) is 45.9. The average Bonchev–Trinajstić information content (AvgIpc) is 3.11. The summed E-state index contributed by atoms with van der Waals surface area (Å²) in [5, 5.41) is 24.0. The summed E-state index contributed by atoms with van der Waals surface area (Å²) in [5.74, 6) is -2.02. The number of carbonyl (C=O) groups is 2. The van der Waals surface area contributed by atoms with Crippen molar-refractivity contribution in [3.8, 4) is 5.75 Å². The molecule has 2 aromatic rings. The summed E-state index contributed by atoms with van der Waals surface area (Å²) in [5.41, 5.74) is 0.0901. The summed E-state index contributed by atoms with van der Waals surface area (Å²) in [6, 6.07) is 6.07. The molecule has 1 aromatic heterocycles. The number of rotatable bonds is 6.